The number of nitrogens with zero attached hydrogens (tertiary/aromatic N) is 1. The van der Waals surface area contributed by atoms with Gasteiger partial charge < -0.3 is 15.2 Å². The summed E-state index contributed by atoms with van der Waals surface area (Å²) < 4.78 is 56.3. The van der Waals surface area contributed by atoms with Crippen LogP contribution in [0.3, 0.4) is 0 Å². The Labute approximate surface area is 202 Å². The molecule has 0 unspecified atom stereocenters. The maximum absolute atomic E-state index is 13.1. The van der Waals surface area contributed by atoms with E-state index in [1.54, 1.807) is 0 Å². The fourth-order valence-corrected chi connectivity index (χ4v) is 6.59. The number of hydrogen-bond donors (Lipinski definition) is 2. The van der Waals surface area contributed by atoms with E-state index in [0.29, 0.717) is 18.4 Å². The molecule has 0 fully saturated rings. The number of benzene rings is 2. The summed E-state index contributed by atoms with van der Waals surface area (Å²) in [6.45, 7) is -0.996. The van der Waals surface area contributed by atoms with Crippen LogP contribution in [-0.2, 0) is 27.8 Å². The van der Waals surface area contributed by atoms with Crippen molar-refractivity contribution in [2.24, 2.45) is 5.92 Å². The summed E-state index contributed by atoms with van der Waals surface area (Å²) in [7, 11) is -3.82. The molecule has 7 nitrogen and oxygen atoms in total. The first-order valence-electron chi connectivity index (χ1n) is 11.5. The number of alkyl halides is 2. The van der Waals surface area contributed by atoms with Gasteiger partial charge in [-0.25, -0.2) is 8.42 Å². The number of aliphatic hydroxyl groups excluding tert-OH is 1. The van der Waals surface area contributed by atoms with Crippen LogP contribution in [0.4, 0.5) is 8.78 Å². The molecule has 2 heterocycles. The Bertz CT molecular complexity index is 1260. The van der Waals surface area contributed by atoms with Crippen molar-refractivity contribution in [2.75, 3.05) is 19.6 Å². The van der Waals surface area contributed by atoms with Gasteiger partial charge in [0.1, 0.15) is 11.9 Å². The fraction of sp³-hybridized carbons (Fsp3) is 0.400. The second kappa shape index (κ2) is 9.42. The molecule has 0 amide bonds. The van der Waals surface area contributed by atoms with E-state index in [2.05, 4.69) is 10.1 Å². The zero-order valence-electron chi connectivity index (χ0n) is 18.9. The molecule has 0 spiro atoms. The van der Waals surface area contributed by atoms with Gasteiger partial charge in [-0.2, -0.15) is 13.1 Å². The van der Waals surface area contributed by atoms with E-state index >= 15 is 0 Å². The van der Waals surface area contributed by atoms with Crippen molar-refractivity contribution in [1.82, 2.24) is 9.62 Å². The predicted octanol–water partition coefficient (Wildman–Crippen LogP) is 2.95. The molecular formula is C25H26F2N2O5S. The summed E-state index contributed by atoms with van der Waals surface area (Å²) in [5.41, 5.74) is 4.74. The zero-order valence-corrected chi connectivity index (χ0v) is 19.7. The normalized spacial score (nSPS) is 19.7. The number of fused-ring (bicyclic) bond motifs is 1. The van der Waals surface area contributed by atoms with Crippen LogP contribution in [-0.4, -0.2) is 49.9 Å². The Hall–Kier alpha value is -2.66. The third-order valence-corrected chi connectivity index (χ3v) is 8.82. The summed E-state index contributed by atoms with van der Waals surface area (Å²) in [6, 6.07) is 10.6. The zero-order chi connectivity index (χ0) is 24.7. The van der Waals surface area contributed by atoms with E-state index < -0.39 is 22.7 Å². The minimum atomic E-state index is -3.82. The van der Waals surface area contributed by atoms with Crippen LogP contribution < -0.4 is 10.1 Å². The Morgan fingerprint density at radius 2 is 1.74 bits per heavy atom. The van der Waals surface area contributed by atoms with Crippen LogP contribution in [0.1, 0.15) is 35.6 Å². The Balaban J connectivity index is 1.21. The van der Waals surface area contributed by atoms with Gasteiger partial charge in [0, 0.05) is 25.6 Å². The highest BCUT2D eigenvalue weighted by molar-refractivity contribution is 7.89. The van der Waals surface area contributed by atoms with Crippen molar-refractivity contribution < 1.29 is 31.8 Å². The Morgan fingerprint density at radius 3 is 2.40 bits per heavy atom. The molecule has 186 valence electrons. The van der Waals surface area contributed by atoms with Gasteiger partial charge in [0.2, 0.25) is 10.0 Å². The molecule has 35 heavy (non-hydrogen) atoms. The molecule has 0 saturated heterocycles. The van der Waals surface area contributed by atoms with Crippen molar-refractivity contribution in [3.63, 3.8) is 0 Å². The molecule has 2 N–H and O–H groups in total. The van der Waals surface area contributed by atoms with Crippen LogP contribution in [0.15, 0.2) is 58.5 Å². The topological polar surface area (TPSA) is 95.9 Å². The number of carbonyl (C=O) groups is 1. The summed E-state index contributed by atoms with van der Waals surface area (Å²) >= 11 is 0. The summed E-state index contributed by atoms with van der Waals surface area (Å²) in [5, 5.41) is 14.1. The first-order valence-corrected chi connectivity index (χ1v) is 13.0. The lowest BCUT2D eigenvalue weighted by Crippen LogP contribution is -2.31. The number of carbonyl (C=O) groups excluding carboxylic acids is 1. The summed E-state index contributed by atoms with van der Waals surface area (Å²) in [5.74, 6) is -0.733. The summed E-state index contributed by atoms with van der Waals surface area (Å²) in [4.78, 5) is 13.1. The first kappa shape index (κ1) is 24.1. The highest BCUT2D eigenvalue weighted by atomic mass is 32.2. The molecule has 0 bridgehead atoms. The van der Waals surface area contributed by atoms with E-state index in [1.807, 2.05) is 18.2 Å². The molecule has 1 atom stereocenters. The van der Waals surface area contributed by atoms with Gasteiger partial charge in [0.15, 0.2) is 5.78 Å². The molecule has 2 aromatic carbocycles. The average molecular weight is 505 g/mol. The Morgan fingerprint density at radius 1 is 1.06 bits per heavy atom. The number of Topliss-reactive ketones (excluding diaryl/α,β-unsaturated/α-hetero) is 1. The molecule has 5 rings (SSSR count). The second-order valence-electron chi connectivity index (χ2n) is 9.20. The highest BCUT2D eigenvalue weighted by Crippen LogP contribution is 2.41. The molecule has 10 heteroatoms. The van der Waals surface area contributed by atoms with Crippen LogP contribution in [0.2, 0.25) is 0 Å². The molecule has 0 radical (unpaired) electrons. The molecule has 2 aliphatic heterocycles. The quantitative estimate of drug-likeness (QED) is 0.563. The number of ketones is 1. The lowest BCUT2D eigenvalue weighted by atomic mass is 9.89. The average Bonchev–Trinajstić information content (AvgIpc) is 3.43. The van der Waals surface area contributed by atoms with Crippen molar-refractivity contribution in [3.8, 4) is 5.75 Å². The number of sulfonamides is 1. The molecule has 3 aliphatic rings. The highest BCUT2D eigenvalue weighted by Gasteiger charge is 2.40. The Kier molecular flexibility index (Phi) is 6.47. The van der Waals surface area contributed by atoms with E-state index in [-0.39, 0.29) is 35.4 Å². The fourth-order valence-electron chi connectivity index (χ4n) is 5.16. The predicted molar refractivity (Wildman–Crippen MR) is 123 cm³/mol. The smallest absolute Gasteiger partial charge is 0.387 e. The summed E-state index contributed by atoms with van der Waals surface area (Å²) in [6.07, 6.45) is 0.558. The lowest BCUT2D eigenvalue weighted by Gasteiger charge is -2.22. The van der Waals surface area contributed by atoms with Crippen LogP contribution in [0, 0.1) is 5.92 Å². The molecule has 0 saturated carbocycles. The van der Waals surface area contributed by atoms with Gasteiger partial charge in [-0.3, -0.25) is 4.79 Å². The largest absolute Gasteiger partial charge is 0.435 e. The van der Waals surface area contributed by atoms with E-state index in [0.717, 1.165) is 36.2 Å². The maximum Gasteiger partial charge on any atom is 0.387 e. The minimum absolute atomic E-state index is 0.00904. The molecule has 1 aliphatic carbocycles. The number of rotatable bonds is 7. The van der Waals surface area contributed by atoms with Crippen molar-refractivity contribution in [3.05, 3.63) is 70.3 Å². The number of hydrogen-bond acceptors (Lipinski definition) is 6. The standard InChI is InChI=1S/C25H26F2N2O5S/c26-25(27)34-21-3-5-22(6-4-21)35(32,33)29-13-19-10-17(11-20(19)14-29)24(31)23(30)16-2-1-15-7-8-28-12-18(15)9-16/h1-6,9,17,23,25,28,30H,7-8,10-14H2/t23-/m1/s1. The monoisotopic (exact) mass is 504 g/mol. The van der Waals surface area contributed by atoms with E-state index in [9.17, 15) is 27.1 Å². The van der Waals surface area contributed by atoms with Gasteiger partial charge in [0.05, 0.1) is 4.90 Å². The number of nitrogens with one attached hydrogen (secondary N) is 1. The minimum Gasteiger partial charge on any atom is -0.435 e. The molecule has 2 aromatic rings. The number of halogens is 2. The van der Waals surface area contributed by atoms with E-state index in [4.69, 9.17) is 0 Å². The SMILES string of the molecule is O=C(C1CC2=C(C1)CN(S(=O)(=O)c1ccc(OC(F)F)cc1)C2)[C@H](O)c1ccc2c(c1)CNCC2. The van der Waals surface area contributed by atoms with Crippen LogP contribution in [0.25, 0.3) is 0 Å². The molecular weight excluding hydrogens is 478 g/mol. The maximum atomic E-state index is 13.1. The van der Waals surface area contributed by atoms with Crippen LogP contribution >= 0.6 is 0 Å². The van der Waals surface area contributed by atoms with Gasteiger partial charge in [-0.1, -0.05) is 29.3 Å². The first-order chi connectivity index (χ1) is 16.7. The van der Waals surface area contributed by atoms with Gasteiger partial charge in [-0.05, 0) is 66.8 Å². The van der Waals surface area contributed by atoms with Crippen molar-refractivity contribution in [1.29, 1.82) is 0 Å². The molecule has 0 aromatic heterocycles. The third-order valence-electron chi connectivity index (χ3n) is 7.01. The third kappa shape index (κ3) is 4.75. The van der Waals surface area contributed by atoms with Crippen molar-refractivity contribution >= 4 is 15.8 Å². The number of ether oxygens (including phenoxy) is 1. The lowest BCUT2D eigenvalue weighted by molar-refractivity contribution is -0.131. The second-order valence-corrected chi connectivity index (χ2v) is 11.1. The van der Waals surface area contributed by atoms with Gasteiger partial charge >= 0.3 is 6.61 Å². The van der Waals surface area contributed by atoms with Gasteiger partial charge in [0.25, 0.3) is 0 Å². The number of aliphatic hydroxyl groups is 1. The van der Waals surface area contributed by atoms with Crippen LogP contribution in [0.5, 0.6) is 5.75 Å². The van der Waals surface area contributed by atoms with Gasteiger partial charge in [-0.15, -0.1) is 0 Å². The van der Waals surface area contributed by atoms with Crippen molar-refractivity contribution in [2.45, 2.75) is 43.4 Å². The van der Waals surface area contributed by atoms with E-state index in [1.165, 1.54) is 34.1 Å².